The van der Waals surface area contributed by atoms with Crippen LogP contribution in [0.3, 0.4) is 0 Å². The minimum Gasteiger partial charge on any atom is -0.497 e. The van der Waals surface area contributed by atoms with Gasteiger partial charge >= 0.3 is 0 Å². The molecule has 0 N–H and O–H groups in total. The maximum Gasteiger partial charge on any atom is 0.243 e. The first-order valence-electron chi connectivity index (χ1n) is 11.8. The zero-order valence-corrected chi connectivity index (χ0v) is 22.2. The van der Waals surface area contributed by atoms with Gasteiger partial charge in [0.2, 0.25) is 15.9 Å². The van der Waals surface area contributed by atoms with Crippen LogP contribution in [0.5, 0.6) is 5.75 Å². The number of hydrogen-bond acceptors (Lipinski definition) is 5. The molecule has 2 atom stereocenters. The average molecular weight is 513 g/mol. The molecule has 0 saturated heterocycles. The summed E-state index contributed by atoms with van der Waals surface area (Å²) in [6, 6.07) is 16.1. The number of aryl methyl sites for hydroxylation is 1. The van der Waals surface area contributed by atoms with Crippen molar-refractivity contribution in [2.75, 3.05) is 20.2 Å². The largest absolute Gasteiger partial charge is 0.497 e. The first kappa shape index (κ1) is 25.4. The van der Waals surface area contributed by atoms with E-state index in [0.717, 1.165) is 23.1 Å². The molecule has 2 unspecified atom stereocenters. The van der Waals surface area contributed by atoms with E-state index in [9.17, 15) is 13.2 Å². The molecule has 1 amide bonds. The number of hydrogen-bond donors (Lipinski definition) is 0. The van der Waals surface area contributed by atoms with E-state index in [1.807, 2.05) is 25.7 Å². The maximum atomic E-state index is 13.8. The van der Waals surface area contributed by atoms with E-state index in [1.165, 1.54) is 28.4 Å². The molecule has 1 aromatic heterocycles. The summed E-state index contributed by atoms with van der Waals surface area (Å²) in [5.41, 5.74) is 3.32. The zero-order valence-electron chi connectivity index (χ0n) is 20.6. The van der Waals surface area contributed by atoms with Crippen LogP contribution in [-0.4, -0.2) is 49.8 Å². The third-order valence-corrected chi connectivity index (χ3v) is 9.69. The first-order valence-corrected chi connectivity index (χ1v) is 14.2. The second-order valence-corrected chi connectivity index (χ2v) is 11.8. The predicted octanol–water partition coefficient (Wildman–Crippen LogP) is 5.03. The number of sulfonamides is 1. The summed E-state index contributed by atoms with van der Waals surface area (Å²) in [5, 5.41) is 2.07. The maximum absolute atomic E-state index is 13.8. The van der Waals surface area contributed by atoms with Crippen molar-refractivity contribution in [3.8, 4) is 5.75 Å². The summed E-state index contributed by atoms with van der Waals surface area (Å²) < 4.78 is 33.7. The SMILES string of the molecule is CCC(C)N(CC(=O)N1CCc2sccc2C1c1ccc(C)cc1)S(=O)(=O)c1ccc(OC)cc1. The summed E-state index contributed by atoms with van der Waals surface area (Å²) in [7, 11) is -2.34. The lowest BCUT2D eigenvalue weighted by atomic mass is 9.92. The molecule has 1 aliphatic heterocycles. The Bertz CT molecular complexity index is 1270. The van der Waals surface area contributed by atoms with Crippen molar-refractivity contribution in [1.29, 1.82) is 0 Å². The lowest BCUT2D eigenvalue weighted by molar-refractivity contribution is -0.133. The van der Waals surface area contributed by atoms with Crippen LogP contribution < -0.4 is 4.74 Å². The van der Waals surface area contributed by atoms with Crippen LogP contribution in [0.1, 0.15) is 47.9 Å². The number of fused-ring (bicyclic) bond motifs is 1. The molecule has 35 heavy (non-hydrogen) atoms. The summed E-state index contributed by atoms with van der Waals surface area (Å²) in [6.45, 7) is 6.17. The van der Waals surface area contributed by atoms with Crippen LogP contribution in [0.25, 0.3) is 0 Å². The Morgan fingerprint density at radius 1 is 1.14 bits per heavy atom. The van der Waals surface area contributed by atoms with E-state index >= 15 is 0 Å². The molecule has 2 heterocycles. The molecule has 6 nitrogen and oxygen atoms in total. The van der Waals surface area contributed by atoms with Crippen molar-refractivity contribution in [2.45, 2.75) is 50.6 Å². The third kappa shape index (κ3) is 5.15. The smallest absolute Gasteiger partial charge is 0.243 e. The normalized spacial score (nSPS) is 16.7. The fraction of sp³-hybridized carbons (Fsp3) is 0.370. The van der Waals surface area contributed by atoms with Crippen molar-refractivity contribution in [2.24, 2.45) is 0 Å². The van der Waals surface area contributed by atoms with Crippen LogP contribution >= 0.6 is 11.3 Å². The number of carbonyl (C=O) groups is 1. The van der Waals surface area contributed by atoms with Crippen LogP contribution in [0.2, 0.25) is 0 Å². The number of nitrogens with zero attached hydrogens (tertiary/aromatic N) is 2. The van der Waals surface area contributed by atoms with Crippen LogP contribution in [0.15, 0.2) is 64.9 Å². The molecule has 4 rings (SSSR count). The first-order chi connectivity index (χ1) is 16.8. The van der Waals surface area contributed by atoms with E-state index < -0.39 is 10.0 Å². The Balaban J connectivity index is 1.66. The van der Waals surface area contributed by atoms with Crippen molar-refractivity contribution >= 4 is 27.3 Å². The Hall–Kier alpha value is -2.68. The Labute approximate surface area is 212 Å². The minimum absolute atomic E-state index is 0.153. The molecular weight excluding hydrogens is 480 g/mol. The van der Waals surface area contributed by atoms with Gasteiger partial charge in [-0.2, -0.15) is 4.31 Å². The number of amides is 1. The fourth-order valence-corrected chi connectivity index (χ4v) is 7.04. The predicted molar refractivity (Wildman–Crippen MR) is 139 cm³/mol. The van der Waals surface area contributed by atoms with Crippen LogP contribution in [-0.2, 0) is 21.2 Å². The topological polar surface area (TPSA) is 66.9 Å². The van der Waals surface area contributed by atoms with Crippen molar-refractivity contribution in [1.82, 2.24) is 9.21 Å². The van der Waals surface area contributed by atoms with Gasteiger partial charge in [-0.05, 0) is 73.5 Å². The standard InChI is InChI=1S/C27H32N2O4S2/c1-5-20(3)29(35(31,32)23-12-10-22(33-4)11-13-23)18-26(30)28-16-14-25-24(15-17-34-25)27(28)21-8-6-19(2)7-9-21/h6-13,15,17,20,27H,5,14,16,18H2,1-4H3. The van der Waals surface area contributed by atoms with Gasteiger partial charge in [-0.1, -0.05) is 36.8 Å². The number of carbonyl (C=O) groups excluding carboxylic acids is 1. The highest BCUT2D eigenvalue weighted by atomic mass is 32.2. The molecule has 0 saturated carbocycles. The Kier molecular flexibility index (Phi) is 7.64. The zero-order chi connectivity index (χ0) is 25.2. The molecule has 0 spiro atoms. The van der Waals surface area contributed by atoms with Gasteiger partial charge in [0.15, 0.2) is 0 Å². The summed E-state index contributed by atoms with van der Waals surface area (Å²) in [5.74, 6) is 0.390. The second kappa shape index (κ2) is 10.5. The molecular formula is C27H32N2O4S2. The highest BCUT2D eigenvalue weighted by Crippen LogP contribution is 2.38. The quantitative estimate of drug-likeness (QED) is 0.425. The third-order valence-electron chi connectivity index (χ3n) is 6.72. The van der Waals surface area contributed by atoms with Gasteiger partial charge in [0.05, 0.1) is 24.6 Å². The average Bonchev–Trinajstić information content (AvgIpc) is 3.35. The van der Waals surface area contributed by atoms with Gasteiger partial charge in [0.25, 0.3) is 0 Å². The molecule has 186 valence electrons. The van der Waals surface area contributed by atoms with E-state index in [4.69, 9.17) is 4.74 Å². The van der Waals surface area contributed by atoms with Gasteiger partial charge in [-0.25, -0.2) is 8.42 Å². The van der Waals surface area contributed by atoms with Crippen molar-refractivity contribution in [3.63, 3.8) is 0 Å². The summed E-state index contributed by atoms with van der Waals surface area (Å²) in [4.78, 5) is 17.1. The van der Waals surface area contributed by atoms with E-state index in [1.54, 1.807) is 23.5 Å². The van der Waals surface area contributed by atoms with Crippen molar-refractivity contribution in [3.05, 3.63) is 81.5 Å². The van der Waals surface area contributed by atoms with E-state index in [2.05, 4.69) is 35.7 Å². The second-order valence-electron chi connectivity index (χ2n) is 8.93. The Morgan fingerprint density at radius 3 is 2.46 bits per heavy atom. The Morgan fingerprint density at radius 2 is 1.83 bits per heavy atom. The van der Waals surface area contributed by atoms with Gasteiger partial charge in [-0.15, -0.1) is 11.3 Å². The minimum atomic E-state index is -3.88. The number of thiophene rings is 1. The number of methoxy groups -OCH3 is 1. The molecule has 3 aromatic rings. The molecule has 0 aliphatic carbocycles. The molecule has 0 fully saturated rings. The van der Waals surface area contributed by atoms with E-state index in [0.29, 0.717) is 18.7 Å². The fourth-order valence-electron chi connectivity index (χ4n) is 4.48. The van der Waals surface area contributed by atoms with Crippen LogP contribution in [0, 0.1) is 6.92 Å². The molecule has 8 heteroatoms. The number of benzene rings is 2. The van der Waals surface area contributed by atoms with Gasteiger partial charge < -0.3 is 9.64 Å². The number of rotatable bonds is 8. The number of ether oxygens (including phenoxy) is 1. The lowest BCUT2D eigenvalue weighted by Crippen LogP contribution is -2.49. The monoisotopic (exact) mass is 512 g/mol. The summed E-state index contributed by atoms with van der Waals surface area (Å²) >= 11 is 1.71. The van der Waals surface area contributed by atoms with Gasteiger partial charge in [-0.3, -0.25) is 4.79 Å². The van der Waals surface area contributed by atoms with Gasteiger partial charge in [0, 0.05) is 17.5 Å². The lowest BCUT2D eigenvalue weighted by Gasteiger charge is -2.38. The summed E-state index contributed by atoms with van der Waals surface area (Å²) in [6.07, 6.45) is 1.37. The van der Waals surface area contributed by atoms with Gasteiger partial charge in [0.1, 0.15) is 5.75 Å². The van der Waals surface area contributed by atoms with Crippen molar-refractivity contribution < 1.29 is 17.9 Å². The van der Waals surface area contributed by atoms with E-state index in [-0.39, 0.29) is 29.4 Å². The molecule has 2 aromatic carbocycles. The molecule has 1 aliphatic rings. The highest BCUT2D eigenvalue weighted by molar-refractivity contribution is 7.89. The molecule has 0 bridgehead atoms. The highest BCUT2D eigenvalue weighted by Gasteiger charge is 2.37. The van der Waals surface area contributed by atoms with Crippen LogP contribution in [0.4, 0.5) is 0 Å². The molecule has 0 radical (unpaired) electrons.